The van der Waals surface area contributed by atoms with Crippen LogP contribution >= 0.6 is 0 Å². The number of ether oxygens (including phenoxy) is 10. The first-order chi connectivity index (χ1) is 52.4. The van der Waals surface area contributed by atoms with E-state index in [-0.39, 0.29) is 11.1 Å². The number of esters is 2. The Bertz CT molecular complexity index is 4100. The topological polar surface area (TPSA) is 126 Å². The van der Waals surface area contributed by atoms with E-state index in [0.29, 0.717) is 110 Å². The molecular formula is C96H134O12. The van der Waals surface area contributed by atoms with Crippen LogP contribution < -0.4 is 37.9 Å². The van der Waals surface area contributed by atoms with Crippen molar-refractivity contribution in [3.63, 3.8) is 0 Å². The summed E-state index contributed by atoms with van der Waals surface area (Å²) in [6, 6.07) is 26.2. The fraction of sp³-hybridized carbons (Fsp3) is 0.583. The maximum Gasteiger partial charge on any atom is 0.340 e. The highest BCUT2D eigenvalue weighted by molar-refractivity contribution is 6.35. The Morgan fingerprint density at radius 1 is 0.204 bits per heavy atom. The van der Waals surface area contributed by atoms with Crippen LogP contribution in [-0.4, -0.2) is 76.0 Å². The number of hydrogen-bond donors (Lipinski definition) is 0. The van der Waals surface area contributed by atoms with E-state index in [1.165, 1.54) is 0 Å². The lowest BCUT2D eigenvalue weighted by atomic mass is 9.84. The molecule has 590 valence electrons. The Labute approximate surface area is 648 Å². The highest BCUT2D eigenvalue weighted by atomic mass is 16.6. The van der Waals surface area contributed by atoms with E-state index >= 15 is 9.59 Å². The lowest BCUT2D eigenvalue weighted by Crippen LogP contribution is -2.28. The fourth-order valence-corrected chi connectivity index (χ4v) is 14.9. The molecule has 0 N–H and O–H groups in total. The molecule has 0 atom stereocenters. The predicted molar refractivity (Wildman–Crippen MR) is 454 cm³/mol. The molecule has 0 unspecified atom stereocenters. The molecular weight excluding hydrogens is 1350 g/mol. The van der Waals surface area contributed by atoms with Gasteiger partial charge in [0.15, 0.2) is 46.0 Å². The third kappa shape index (κ3) is 22.8. The van der Waals surface area contributed by atoms with Crippen molar-refractivity contribution >= 4 is 98.1 Å². The molecule has 0 heterocycles. The monoisotopic (exact) mass is 1480 g/mol. The molecule has 0 fully saturated rings. The summed E-state index contributed by atoms with van der Waals surface area (Å²) in [4.78, 5) is 32.2. The molecule has 0 saturated carbocycles. The third-order valence-corrected chi connectivity index (χ3v) is 20.7. The second-order valence-electron chi connectivity index (χ2n) is 32.3. The number of carbonyl (C=O) groups is 2. The van der Waals surface area contributed by atoms with Gasteiger partial charge in [-0.3, -0.25) is 0 Å². The molecule has 0 aliphatic rings. The Hall–Kier alpha value is -7.60. The van der Waals surface area contributed by atoms with Gasteiger partial charge in [0.1, 0.15) is 11.2 Å². The third-order valence-electron chi connectivity index (χ3n) is 20.7. The van der Waals surface area contributed by atoms with Crippen molar-refractivity contribution < 1.29 is 57.0 Å². The van der Waals surface area contributed by atoms with Gasteiger partial charge >= 0.3 is 11.9 Å². The number of rotatable bonds is 50. The molecule has 0 spiro atoms. The molecule has 0 radical (unpaired) electrons. The van der Waals surface area contributed by atoms with Gasteiger partial charge < -0.3 is 47.4 Å². The second kappa shape index (κ2) is 42.5. The van der Waals surface area contributed by atoms with Crippen molar-refractivity contribution in [2.45, 2.75) is 314 Å². The van der Waals surface area contributed by atoms with Crippen molar-refractivity contribution in [2.24, 2.45) is 0 Å². The zero-order valence-corrected chi connectivity index (χ0v) is 69.1. The van der Waals surface area contributed by atoms with E-state index in [9.17, 15) is 0 Å². The van der Waals surface area contributed by atoms with Crippen LogP contribution in [0.25, 0.3) is 86.2 Å². The highest BCUT2D eigenvalue weighted by Gasteiger charge is 2.33. The van der Waals surface area contributed by atoms with Gasteiger partial charge in [-0.15, -0.1) is 0 Å². The highest BCUT2D eigenvalue weighted by Crippen LogP contribution is 2.51. The van der Waals surface area contributed by atoms with Crippen molar-refractivity contribution in [1.82, 2.24) is 0 Å². The Morgan fingerprint density at radius 3 is 0.491 bits per heavy atom. The van der Waals surface area contributed by atoms with Crippen molar-refractivity contribution in [2.75, 3.05) is 52.9 Å². The lowest BCUT2D eigenvalue weighted by Gasteiger charge is -2.25. The molecule has 9 aromatic rings. The molecule has 12 nitrogen and oxygen atoms in total. The number of carbonyl (C=O) groups excluding carboxylic acids is 2. The van der Waals surface area contributed by atoms with Crippen LogP contribution in [0.2, 0.25) is 0 Å². The lowest BCUT2D eigenvalue weighted by molar-refractivity contribution is 0.00223. The maximum absolute atomic E-state index is 16.1. The molecule has 0 aliphatic heterocycles. The van der Waals surface area contributed by atoms with Crippen LogP contribution in [0.4, 0.5) is 0 Å². The van der Waals surface area contributed by atoms with Gasteiger partial charge in [-0.1, -0.05) is 209 Å². The molecule has 9 aromatic carbocycles. The van der Waals surface area contributed by atoms with Crippen LogP contribution in [0, 0.1) is 0 Å². The van der Waals surface area contributed by atoms with Gasteiger partial charge in [-0.25, -0.2) is 9.59 Å². The van der Waals surface area contributed by atoms with Crippen LogP contribution in [0.5, 0.6) is 46.0 Å². The number of fused-ring (bicyclic) bond motifs is 15. The minimum Gasteiger partial charge on any atom is -0.490 e. The number of benzene rings is 9. The van der Waals surface area contributed by atoms with Gasteiger partial charge in [-0.05, 0) is 252 Å². The normalized spacial score (nSPS) is 12.1. The number of unbranched alkanes of at least 4 members (excludes halogenated alkanes) is 24. The standard InChI is InChI=1S/C96H134O12/c1-15-23-31-39-47-99-83-59-73-67-55-71-72-56-68-70(76-62-86(102-50-42-34-26-18-4)90(106-54-46-38-30-22-8)66-80(76)78-64-88(104-52-44-36-28-20-6)84(60-74(68)78)100-48-40-32-24-16-2)58-82(72)92(94(98)108-96(12,13)14)91(93(97)107-95(9,10)11)81(71)57-69(67)75-61-85(101-49-41-33-25-17-3)89(105-53-45-37-29-21-7)65-79(75)77(73)63-87(83)103-51-43-35-27-19-5/h55-66H,15-54H2,1-14H3. The van der Waals surface area contributed by atoms with Gasteiger partial charge in [0.2, 0.25) is 0 Å². The van der Waals surface area contributed by atoms with Crippen LogP contribution in [0.1, 0.15) is 323 Å². The van der Waals surface area contributed by atoms with Crippen LogP contribution in [-0.2, 0) is 9.47 Å². The second-order valence-corrected chi connectivity index (χ2v) is 32.3. The summed E-state index contributed by atoms with van der Waals surface area (Å²) in [6.45, 7) is 33.4. The Kier molecular flexibility index (Phi) is 33.3. The first kappa shape index (κ1) is 84.4. The summed E-state index contributed by atoms with van der Waals surface area (Å²) >= 11 is 0. The molecule has 108 heavy (non-hydrogen) atoms. The van der Waals surface area contributed by atoms with E-state index in [2.05, 4.69) is 128 Å². The average Bonchev–Trinajstić information content (AvgIpc) is 0.700. The molecule has 0 amide bonds. The molecule has 9 rings (SSSR count). The molecule has 0 saturated heterocycles. The van der Waals surface area contributed by atoms with Crippen molar-refractivity contribution in [1.29, 1.82) is 0 Å². The molecule has 0 aliphatic carbocycles. The van der Waals surface area contributed by atoms with Gasteiger partial charge in [0, 0.05) is 0 Å². The Morgan fingerprint density at radius 2 is 0.343 bits per heavy atom. The Balaban J connectivity index is 1.50. The van der Waals surface area contributed by atoms with Crippen molar-refractivity contribution in [3.05, 3.63) is 83.9 Å². The fourth-order valence-electron chi connectivity index (χ4n) is 14.9. The minimum atomic E-state index is -0.961. The maximum atomic E-state index is 16.1. The molecule has 0 aromatic heterocycles. The first-order valence-electron chi connectivity index (χ1n) is 42.8. The van der Waals surface area contributed by atoms with E-state index < -0.39 is 23.1 Å². The zero-order valence-electron chi connectivity index (χ0n) is 69.1. The van der Waals surface area contributed by atoms with E-state index in [1.54, 1.807) is 0 Å². The quantitative estimate of drug-likeness (QED) is 0.0156. The van der Waals surface area contributed by atoms with E-state index in [4.69, 9.17) is 47.4 Å². The first-order valence-corrected chi connectivity index (χ1v) is 42.8. The SMILES string of the molecule is CCCCCCOc1cc2c3cc(OCCCCCC)c(OCCCCCC)cc3c3cc4c(cc3c2cc1OCCCCCC)c(C(=O)OC(C)(C)C)c(C(=O)OC(C)(C)C)c1cc2c3cc(OCCCCCC)c(OCCCCCC)cc3c3cc(OCCCCCC)c(OCCCCCC)cc3c2cc14. The van der Waals surface area contributed by atoms with Gasteiger partial charge in [0.05, 0.1) is 64.0 Å². The zero-order chi connectivity index (χ0) is 77.0. The van der Waals surface area contributed by atoms with Crippen LogP contribution in [0.3, 0.4) is 0 Å². The summed E-state index contributed by atoms with van der Waals surface area (Å²) in [5, 5.41) is 13.6. The summed E-state index contributed by atoms with van der Waals surface area (Å²) in [5.74, 6) is 4.16. The van der Waals surface area contributed by atoms with Gasteiger partial charge in [-0.2, -0.15) is 0 Å². The molecule has 12 heteroatoms. The predicted octanol–water partition coefficient (Wildman–Crippen LogP) is 28.5. The molecule has 0 bridgehead atoms. The average molecular weight is 1480 g/mol. The summed E-state index contributed by atoms with van der Waals surface area (Å²) < 4.78 is 68.6. The number of hydrogen-bond acceptors (Lipinski definition) is 12. The largest absolute Gasteiger partial charge is 0.490 e. The smallest absolute Gasteiger partial charge is 0.340 e. The summed E-state index contributed by atoms with van der Waals surface area (Å²) in [7, 11) is 0. The van der Waals surface area contributed by atoms with Crippen molar-refractivity contribution in [3.8, 4) is 46.0 Å². The van der Waals surface area contributed by atoms with Gasteiger partial charge in [0.25, 0.3) is 0 Å². The van der Waals surface area contributed by atoms with E-state index in [1.807, 2.05) is 41.5 Å². The van der Waals surface area contributed by atoms with E-state index in [0.717, 1.165) is 281 Å². The minimum absolute atomic E-state index is 0.123. The summed E-state index contributed by atoms with van der Waals surface area (Å²) in [5.41, 5.74) is -1.68. The summed E-state index contributed by atoms with van der Waals surface area (Å²) in [6.07, 6.45) is 33.8. The van der Waals surface area contributed by atoms with Crippen LogP contribution in [0.15, 0.2) is 72.8 Å².